The first-order valence-corrected chi connectivity index (χ1v) is 13.6. The molecule has 192 valence electrons. The van der Waals surface area contributed by atoms with Gasteiger partial charge in [0, 0.05) is 33.4 Å². The van der Waals surface area contributed by atoms with Crippen LogP contribution < -0.4 is 10.4 Å². The van der Waals surface area contributed by atoms with E-state index in [1.807, 2.05) is 12.1 Å². The van der Waals surface area contributed by atoms with E-state index in [0.29, 0.717) is 0 Å². The number of benzene rings is 2. The van der Waals surface area contributed by atoms with E-state index in [0.717, 1.165) is 0 Å². The van der Waals surface area contributed by atoms with Gasteiger partial charge in [-0.1, -0.05) is 86.5 Å². The first-order valence-electron chi connectivity index (χ1n) is 11.7. The molecule has 0 fully saturated rings. The van der Waals surface area contributed by atoms with Crippen molar-refractivity contribution in [3.05, 3.63) is 71.1 Å². The summed E-state index contributed by atoms with van der Waals surface area (Å²) in [5, 5.41) is 5.86. The molecule has 0 N–H and O–H groups in total. The van der Waals surface area contributed by atoms with Crippen LogP contribution >= 0.6 is 0 Å². The Morgan fingerprint density at radius 3 is 1.60 bits per heavy atom. The lowest BCUT2D eigenvalue weighted by Crippen LogP contribution is -2.67. The van der Waals surface area contributed by atoms with Gasteiger partial charge in [0.25, 0.3) is 8.32 Å². The molecule has 0 aliphatic heterocycles. The van der Waals surface area contributed by atoms with Gasteiger partial charge in [-0.3, -0.25) is 0 Å². The van der Waals surface area contributed by atoms with Gasteiger partial charge in [0.05, 0.1) is 19.3 Å². The molecule has 0 heterocycles. The van der Waals surface area contributed by atoms with Crippen LogP contribution in [0.25, 0.3) is 10.4 Å². The maximum absolute atomic E-state index is 8.77. The third kappa shape index (κ3) is 6.71. The van der Waals surface area contributed by atoms with E-state index in [1.54, 1.807) is 28.4 Å². The van der Waals surface area contributed by atoms with Crippen molar-refractivity contribution in [1.29, 1.82) is 0 Å². The highest BCUT2D eigenvalue weighted by atomic mass is 28.4. The molecule has 0 aliphatic carbocycles. The van der Waals surface area contributed by atoms with E-state index in [4.69, 9.17) is 28.9 Å². The Labute approximate surface area is 210 Å². The summed E-state index contributed by atoms with van der Waals surface area (Å²) in [6.07, 6.45) is -2.04. The first-order chi connectivity index (χ1) is 16.8. The Balaban J connectivity index is 2.49. The number of rotatable bonds is 14. The highest BCUT2D eigenvalue weighted by Gasteiger charge is 2.51. The van der Waals surface area contributed by atoms with Gasteiger partial charge in [0.15, 0.2) is 0 Å². The fraction of sp³-hybridized carbons (Fsp3) is 0.538. The molecule has 35 heavy (non-hydrogen) atoms. The van der Waals surface area contributed by atoms with Crippen LogP contribution in [-0.2, 0) is 23.4 Å². The van der Waals surface area contributed by atoms with E-state index in [9.17, 15) is 0 Å². The van der Waals surface area contributed by atoms with E-state index < -0.39 is 32.7 Å². The van der Waals surface area contributed by atoms with Crippen LogP contribution in [0.15, 0.2) is 65.8 Å². The molecular weight excluding hydrogens is 462 g/mol. The Bertz CT molecular complexity index is 880. The molecule has 0 aliphatic rings. The molecule has 0 saturated carbocycles. The molecule has 2 aromatic carbocycles. The number of azide groups is 1. The normalized spacial score (nSPS) is 15.6. The summed E-state index contributed by atoms with van der Waals surface area (Å²) < 4.78 is 30.1. The Kier molecular flexibility index (Phi) is 11.4. The van der Waals surface area contributed by atoms with Crippen LogP contribution in [0.3, 0.4) is 0 Å². The number of ether oxygens (including phenoxy) is 4. The number of nitrogens with zero attached hydrogens (tertiary/aromatic N) is 3. The molecule has 0 unspecified atom stereocenters. The van der Waals surface area contributed by atoms with Gasteiger partial charge in [-0.15, -0.1) is 0 Å². The number of methoxy groups -OCH3 is 4. The van der Waals surface area contributed by atoms with Gasteiger partial charge >= 0.3 is 0 Å². The van der Waals surface area contributed by atoms with Crippen LogP contribution in [0.1, 0.15) is 20.8 Å². The minimum absolute atomic E-state index is 0.108. The molecular formula is C26H39N3O5Si. The van der Waals surface area contributed by atoms with Gasteiger partial charge in [-0.05, 0) is 20.9 Å². The molecule has 0 radical (unpaired) electrons. The van der Waals surface area contributed by atoms with Crippen LogP contribution in [-0.4, -0.2) is 74.3 Å². The summed E-state index contributed by atoms with van der Waals surface area (Å²) in [5.74, 6) is 0. The van der Waals surface area contributed by atoms with E-state index in [-0.39, 0.29) is 18.2 Å². The lowest BCUT2D eigenvalue weighted by molar-refractivity contribution is -0.153. The summed E-state index contributed by atoms with van der Waals surface area (Å²) >= 11 is 0. The molecule has 8 nitrogen and oxygen atoms in total. The van der Waals surface area contributed by atoms with Crippen molar-refractivity contribution in [1.82, 2.24) is 0 Å². The Morgan fingerprint density at radius 1 is 0.771 bits per heavy atom. The van der Waals surface area contributed by atoms with Gasteiger partial charge in [0.1, 0.15) is 18.3 Å². The summed E-state index contributed by atoms with van der Waals surface area (Å²) in [6.45, 7) is 7.08. The molecule has 0 saturated heterocycles. The van der Waals surface area contributed by atoms with Crippen LogP contribution in [0.2, 0.25) is 5.04 Å². The quantitative estimate of drug-likeness (QED) is 0.169. The fourth-order valence-electron chi connectivity index (χ4n) is 4.69. The van der Waals surface area contributed by atoms with E-state index in [1.165, 1.54) is 10.4 Å². The zero-order chi connectivity index (χ0) is 25.9. The predicted octanol–water partition coefficient (Wildman–Crippen LogP) is 3.93. The second kappa shape index (κ2) is 13.7. The highest BCUT2D eigenvalue weighted by Crippen LogP contribution is 2.37. The maximum Gasteiger partial charge on any atom is 0.261 e. The van der Waals surface area contributed by atoms with E-state index >= 15 is 0 Å². The van der Waals surface area contributed by atoms with Crippen LogP contribution in [0.5, 0.6) is 0 Å². The molecule has 2 aromatic rings. The monoisotopic (exact) mass is 501 g/mol. The topological polar surface area (TPSA) is 94.9 Å². The summed E-state index contributed by atoms with van der Waals surface area (Å²) in [7, 11) is 3.60. The Morgan fingerprint density at radius 2 is 1.23 bits per heavy atom. The summed E-state index contributed by atoms with van der Waals surface area (Å²) in [6, 6.07) is 20.9. The SMILES string of the molecule is CO[C@@H]([C@H](OC)[C@@H](CO[Si](c1ccccc1)(c1ccccc1)C(C)(C)C)OC)[C@H](CN=[N+]=[N-])OC. The highest BCUT2D eigenvalue weighted by molar-refractivity contribution is 6.99. The molecule has 0 amide bonds. The van der Waals surface area contributed by atoms with Crippen molar-refractivity contribution < 1.29 is 23.4 Å². The third-order valence-electron chi connectivity index (χ3n) is 6.41. The lowest BCUT2D eigenvalue weighted by Gasteiger charge is -2.44. The average molecular weight is 502 g/mol. The molecule has 0 spiro atoms. The fourth-order valence-corrected chi connectivity index (χ4v) is 9.26. The number of hydrogen-bond acceptors (Lipinski definition) is 6. The van der Waals surface area contributed by atoms with Crippen LogP contribution in [0.4, 0.5) is 0 Å². The molecule has 9 heteroatoms. The smallest absolute Gasteiger partial charge is 0.261 e. The first kappa shape index (κ1) is 29.0. The van der Waals surface area contributed by atoms with Crippen molar-refractivity contribution in [3.8, 4) is 0 Å². The second-order valence-corrected chi connectivity index (χ2v) is 13.6. The lowest BCUT2D eigenvalue weighted by atomic mass is 10.0. The average Bonchev–Trinajstić information content (AvgIpc) is 2.87. The van der Waals surface area contributed by atoms with E-state index in [2.05, 4.69) is 79.3 Å². The van der Waals surface area contributed by atoms with Crippen molar-refractivity contribution in [2.45, 2.75) is 50.2 Å². The summed E-state index contributed by atoms with van der Waals surface area (Å²) in [5.41, 5.74) is 8.77. The Hall–Kier alpha value is -2.23. The third-order valence-corrected chi connectivity index (χ3v) is 11.4. The minimum atomic E-state index is -2.76. The minimum Gasteiger partial charge on any atom is -0.405 e. The van der Waals surface area contributed by atoms with Gasteiger partial charge in [-0.2, -0.15) is 0 Å². The number of hydrogen-bond donors (Lipinski definition) is 0. The second-order valence-electron chi connectivity index (χ2n) is 9.34. The van der Waals surface area contributed by atoms with Crippen molar-refractivity contribution in [2.75, 3.05) is 41.6 Å². The van der Waals surface area contributed by atoms with Crippen LogP contribution in [0, 0.1) is 0 Å². The van der Waals surface area contributed by atoms with Crippen molar-refractivity contribution in [2.24, 2.45) is 5.11 Å². The van der Waals surface area contributed by atoms with Gasteiger partial charge < -0.3 is 23.4 Å². The van der Waals surface area contributed by atoms with Crippen molar-refractivity contribution in [3.63, 3.8) is 0 Å². The molecule has 4 atom stereocenters. The van der Waals surface area contributed by atoms with Gasteiger partial charge in [-0.25, -0.2) is 0 Å². The maximum atomic E-state index is 8.77. The zero-order valence-corrected chi connectivity index (χ0v) is 22.9. The standard InChI is InChI=1S/C26H39N3O5Si/c1-26(2,3)35(20-14-10-8-11-15-20,21-16-12-9-13-17-21)34-19-23(31-5)25(33-7)24(32-6)22(30-4)18-28-29-27/h8-17,22-25H,18-19H2,1-7H3/t22-,23+,24+,25+/m0/s1. The summed E-state index contributed by atoms with van der Waals surface area (Å²) in [4.78, 5) is 2.85. The zero-order valence-electron chi connectivity index (χ0n) is 21.9. The molecule has 0 bridgehead atoms. The van der Waals surface area contributed by atoms with Gasteiger partial charge in [0.2, 0.25) is 0 Å². The molecule has 2 rings (SSSR count). The van der Waals surface area contributed by atoms with Crippen molar-refractivity contribution >= 4 is 18.7 Å². The largest absolute Gasteiger partial charge is 0.405 e. The predicted molar refractivity (Wildman–Crippen MR) is 141 cm³/mol. The molecule has 0 aromatic heterocycles.